The van der Waals surface area contributed by atoms with E-state index in [9.17, 15) is 14.4 Å². The first-order chi connectivity index (χ1) is 18.0. The Morgan fingerprint density at radius 1 is 1.18 bits per heavy atom. The maximum Gasteiger partial charge on any atom is 0.408 e. The Kier molecular flexibility index (Phi) is 8.28. The summed E-state index contributed by atoms with van der Waals surface area (Å²) in [6.07, 6.45) is 9.08. The van der Waals surface area contributed by atoms with Gasteiger partial charge in [-0.15, -0.1) is 0 Å². The molecule has 1 aromatic heterocycles. The first-order valence-electron chi connectivity index (χ1n) is 13.7. The summed E-state index contributed by atoms with van der Waals surface area (Å²) >= 11 is 0. The average molecular weight is 528 g/mol. The number of ether oxygens (including phenoxy) is 2. The van der Waals surface area contributed by atoms with Crippen LogP contribution in [0.2, 0.25) is 0 Å². The van der Waals surface area contributed by atoms with Gasteiger partial charge in [-0.3, -0.25) is 9.59 Å². The number of fused-ring (bicyclic) bond motifs is 4. The minimum atomic E-state index is -0.861. The van der Waals surface area contributed by atoms with E-state index in [0.29, 0.717) is 23.9 Å². The molecule has 38 heavy (non-hydrogen) atoms. The van der Waals surface area contributed by atoms with Crippen molar-refractivity contribution in [1.82, 2.24) is 20.2 Å². The summed E-state index contributed by atoms with van der Waals surface area (Å²) in [5.74, 6) is 0.709. The van der Waals surface area contributed by atoms with Gasteiger partial charge in [0.25, 0.3) is 0 Å². The molecule has 6 atom stereocenters. The predicted molar refractivity (Wildman–Crippen MR) is 142 cm³/mol. The lowest BCUT2D eigenvalue weighted by Gasteiger charge is -2.35. The summed E-state index contributed by atoms with van der Waals surface area (Å²) in [6, 6.07) is -1.53. The summed E-state index contributed by atoms with van der Waals surface area (Å²) in [7, 11) is 0. The highest BCUT2D eigenvalue weighted by Gasteiger charge is 2.49. The highest BCUT2D eigenvalue weighted by atomic mass is 16.6. The maximum atomic E-state index is 13.9. The molecule has 10 heteroatoms. The number of nitrogens with two attached hydrogens (primary N) is 1. The van der Waals surface area contributed by atoms with Crippen molar-refractivity contribution in [2.75, 3.05) is 6.54 Å². The summed E-state index contributed by atoms with van der Waals surface area (Å²) in [6.45, 7) is 9.28. The molecule has 10 nitrogen and oxygen atoms in total. The number of ketones is 1. The number of rotatable bonds is 2. The number of carbonyl (C=O) groups excluding carboxylic acids is 3. The van der Waals surface area contributed by atoms with Crippen LogP contribution in [0.15, 0.2) is 12.4 Å². The van der Waals surface area contributed by atoms with Crippen molar-refractivity contribution in [2.45, 2.75) is 97.4 Å². The third kappa shape index (κ3) is 6.27. The number of nitrogens with one attached hydrogen (secondary N) is 1. The third-order valence-electron chi connectivity index (χ3n) is 7.85. The predicted octanol–water partition coefficient (Wildman–Crippen LogP) is 3.24. The number of hydrogen-bond acceptors (Lipinski definition) is 8. The van der Waals surface area contributed by atoms with Crippen LogP contribution in [0, 0.1) is 17.3 Å². The lowest BCUT2D eigenvalue weighted by molar-refractivity contribution is -0.141. The Balaban J connectivity index is 1.67. The summed E-state index contributed by atoms with van der Waals surface area (Å²) in [4.78, 5) is 50.1. The average Bonchev–Trinajstić information content (AvgIpc) is 3.48. The summed E-state index contributed by atoms with van der Waals surface area (Å²) in [5.41, 5.74) is 5.74. The van der Waals surface area contributed by atoms with E-state index in [1.165, 1.54) is 13.1 Å². The number of aryl methyl sites for hydroxylation is 1. The van der Waals surface area contributed by atoms with Crippen molar-refractivity contribution in [3.05, 3.63) is 23.9 Å². The van der Waals surface area contributed by atoms with Gasteiger partial charge in [0, 0.05) is 5.92 Å². The topological polar surface area (TPSA) is 137 Å². The van der Waals surface area contributed by atoms with Gasteiger partial charge in [0.2, 0.25) is 5.91 Å². The Bertz CT molecular complexity index is 1080. The van der Waals surface area contributed by atoms with Gasteiger partial charge >= 0.3 is 6.09 Å². The molecule has 2 amide bonds. The van der Waals surface area contributed by atoms with Crippen molar-refractivity contribution in [3.63, 3.8) is 0 Å². The van der Waals surface area contributed by atoms with Crippen LogP contribution in [0.1, 0.15) is 78.2 Å². The number of nitrogens with zero attached hydrogens (tertiary/aromatic N) is 3. The van der Waals surface area contributed by atoms with E-state index >= 15 is 0 Å². The molecule has 1 aromatic rings. The fourth-order valence-corrected chi connectivity index (χ4v) is 5.60. The second-order valence-corrected chi connectivity index (χ2v) is 11.9. The molecule has 2 fully saturated rings. The first-order valence-corrected chi connectivity index (χ1v) is 13.7. The van der Waals surface area contributed by atoms with Gasteiger partial charge in [-0.2, -0.15) is 0 Å². The quantitative estimate of drug-likeness (QED) is 0.598. The molecule has 3 aliphatic rings. The van der Waals surface area contributed by atoms with E-state index in [0.717, 1.165) is 37.8 Å². The highest BCUT2D eigenvalue weighted by Crippen LogP contribution is 2.39. The van der Waals surface area contributed by atoms with Crippen molar-refractivity contribution in [3.8, 4) is 5.75 Å². The van der Waals surface area contributed by atoms with Crippen LogP contribution < -0.4 is 15.8 Å². The fourth-order valence-electron chi connectivity index (χ4n) is 5.60. The standard InChI is InChI=1S/C28H41N5O5/c1-16-22-15-33(24(16)17(2)34)26(35)25(28(3,4)5)32-27(36)38-20-13-18(20)9-7-6-8-10-19-21(37-22)14-30-23(31-19)11-12-29/h11-12,14,16,18,20,22,24-25H,6-10,13,15,29H2,1-5H3,(H,32,36)/t16-,18-,20-,22+,24+,25-/m1/s1. The van der Waals surface area contributed by atoms with E-state index in [1.807, 2.05) is 27.7 Å². The van der Waals surface area contributed by atoms with Crippen LogP contribution in [0.5, 0.6) is 5.75 Å². The Morgan fingerprint density at radius 2 is 1.95 bits per heavy atom. The van der Waals surface area contributed by atoms with Crippen LogP contribution in [-0.4, -0.2) is 63.5 Å². The molecule has 0 radical (unpaired) electrons. The van der Waals surface area contributed by atoms with Gasteiger partial charge < -0.3 is 25.4 Å². The first kappa shape index (κ1) is 27.9. The van der Waals surface area contributed by atoms with Gasteiger partial charge in [0.15, 0.2) is 17.4 Å². The third-order valence-corrected chi connectivity index (χ3v) is 7.85. The maximum absolute atomic E-state index is 13.9. The fraction of sp³-hybridized carbons (Fsp3) is 0.679. The summed E-state index contributed by atoms with van der Waals surface area (Å²) < 4.78 is 12.1. The van der Waals surface area contributed by atoms with E-state index in [1.54, 1.807) is 17.2 Å². The molecule has 0 spiro atoms. The van der Waals surface area contributed by atoms with Gasteiger partial charge in [0.1, 0.15) is 18.2 Å². The number of hydrogen-bond donors (Lipinski definition) is 2. The highest BCUT2D eigenvalue weighted by molar-refractivity contribution is 5.92. The van der Waals surface area contributed by atoms with Crippen molar-refractivity contribution in [1.29, 1.82) is 0 Å². The van der Waals surface area contributed by atoms with Crippen LogP contribution in [0.3, 0.4) is 0 Å². The molecular weight excluding hydrogens is 486 g/mol. The zero-order valence-corrected chi connectivity index (χ0v) is 23.1. The number of carbonyl (C=O) groups is 3. The molecule has 1 saturated heterocycles. The van der Waals surface area contributed by atoms with Gasteiger partial charge in [-0.05, 0) is 56.2 Å². The van der Waals surface area contributed by atoms with Gasteiger partial charge in [0.05, 0.1) is 24.5 Å². The molecule has 208 valence electrons. The minimum Gasteiger partial charge on any atom is -0.485 e. The smallest absolute Gasteiger partial charge is 0.408 e. The monoisotopic (exact) mass is 527 g/mol. The van der Waals surface area contributed by atoms with E-state index in [2.05, 4.69) is 15.3 Å². The Hall–Kier alpha value is -3.17. The lowest BCUT2D eigenvalue weighted by Crippen LogP contribution is -2.57. The van der Waals surface area contributed by atoms with E-state index < -0.39 is 29.7 Å². The number of alkyl carbamates (subject to hydrolysis) is 1. The van der Waals surface area contributed by atoms with Crippen LogP contribution in [-0.2, 0) is 20.7 Å². The van der Waals surface area contributed by atoms with Gasteiger partial charge in [-0.25, -0.2) is 14.8 Å². The van der Waals surface area contributed by atoms with E-state index in [-0.39, 0.29) is 30.3 Å². The van der Waals surface area contributed by atoms with Crippen molar-refractivity contribution in [2.24, 2.45) is 23.0 Å². The summed E-state index contributed by atoms with van der Waals surface area (Å²) in [5, 5.41) is 2.82. The van der Waals surface area contributed by atoms with Crippen LogP contribution in [0.25, 0.3) is 6.08 Å². The molecule has 0 aromatic carbocycles. The van der Waals surface area contributed by atoms with Crippen molar-refractivity contribution >= 4 is 23.9 Å². The molecule has 3 N–H and O–H groups in total. The Morgan fingerprint density at radius 3 is 2.63 bits per heavy atom. The molecule has 4 rings (SSSR count). The second-order valence-electron chi connectivity index (χ2n) is 11.9. The normalized spacial score (nSPS) is 30.8. The van der Waals surface area contributed by atoms with Gasteiger partial charge in [-0.1, -0.05) is 40.5 Å². The molecule has 2 bridgehead atoms. The molecule has 0 unspecified atom stereocenters. The van der Waals surface area contributed by atoms with Crippen LogP contribution >= 0.6 is 0 Å². The lowest BCUT2D eigenvalue weighted by atomic mass is 9.85. The molecule has 1 saturated carbocycles. The zero-order valence-electron chi connectivity index (χ0n) is 23.1. The second kappa shape index (κ2) is 11.3. The molecule has 2 aliphatic heterocycles. The number of amides is 2. The van der Waals surface area contributed by atoms with Crippen molar-refractivity contribution < 1.29 is 23.9 Å². The molecule has 1 aliphatic carbocycles. The van der Waals surface area contributed by atoms with E-state index in [4.69, 9.17) is 15.2 Å². The number of Topliss-reactive ketones (excluding diaryl/α,β-unsaturated/α-hetero) is 1. The number of aromatic nitrogens is 2. The molecular formula is C28H41N5O5. The molecule has 3 heterocycles. The zero-order chi connectivity index (χ0) is 27.6. The largest absolute Gasteiger partial charge is 0.485 e. The Labute approximate surface area is 224 Å². The minimum absolute atomic E-state index is 0.113. The van der Waals surface area contributed by atoms with Crippen LogP contribution in [0.4, 0.5) is 4.79 Å². The SMILES string of the molecule is CC(=O)[C@@H]1[C@H](C)[C@@H]2CN1C(=O)[C@H](C(C)(C)C)NC(=O)O[C@@H]1C[C@H]1CCCCCc1nc(C=CN)ncc1O2.